The van der Waals surface area contributed by atoms with Crippen LogP contribution < -0.4 is 9.47 Å². The van der Waals surface area contributed by atoms with Crippen molar-refractivity contribution in [3.8, 4) is 17.2 Å². The summed E-state index contributed by atoms with van der Waals surface area (Å²) in [6.07, 6.45) is 4.51. The number of aromatic nitrogens is 4. The van der Waals surface area contributed by atoms with E-state index in [0.717, 1.165) is 68.1 Å². The number of benzene rings is 1. The van der Waals surface area contributed by atoms with Gasteiger partial charge in [-0.25, -0.2) is 0 Å². The van der Waals surface area contributed by atoms with Crippen LogP contribution in [0.3, 0.4) is 0 Å². The summed E-state index contributed by atoms with van der Waals surface area (Å²) in [4.78, 5) is 2.54. The Morgan fingerprint density at radius 3 is 2.54 bits per heavy atom. The molecule has 0 unspecified atom stereocenters. The average molecular weight is 385 g/mol. The molecule has 5 rings (SSSR count). The number of nitrogens with zero attached hydrogens (tertiary/aromatic N) is 5. The maximum absolute atomic E-state index is 5.77. The number of morpholine rings is 1. The highest BCUT2D eigenvalue weighted by Crippen LogP contribution is 2.44. The van der Waals surface area contributed by atoms with E-state index in [-0.39, 0.29) is 5.54 Å². The summed E-state index contributed by atoms with van der Waals surface area (Å²) >= 11 is 0. The van der Waals surface area contributed by atoms with Gasteiger partial charge < -0.3 is 14.2 Å². The van der Waals surface area contributed by atoms with Gasteiger partial charge in [-0.05, 0) is 54.2 Å². The lowest BCUT2D eigenvalue weighted by Gasteiger charge is -2.47. The minimum absolute atomic E-state index is 0.146. The Morgan fingerprint density at radius 2 is 1.75 bits per heavy atom. The standard InChI is InChI=1S/C20H27N5O3/c1-15-4-6-20(7-5-15,24-8-10-26-11-9-24)19-21-22-23-25(19)16-2-3-17-18(14-16)28-13-12-27-17/h2-3,14-15H,4-13H2,1H3. The largest absolute Gasteiger partial charge is 0.486 e. The molecule has 1 saturated heterocycles. The van der Waals surface area contributed by atoms with E-state index in [4.69, 9.17) is 14.2 Å². The molecular weight excluding hydrogens is 358 g/mol. The van der Waals surface area contributed by atoms with E-state index in [9.17, 15) is 0 Å². The Labute approximate surface area is 164 Å². The monoisotopic (exact) mass is 385 g/mol. The average Bonchev–Trinajstić information content (AvgIpc) is 3.25. The van der Waals surface area contributed by atoms with Crippen molar-refractivity contribution in [1.82, 2.24) is 25.1 Å². The van der Waals surface area contributed by atoms with Crippen molar-refractivity contribution >= 4 is 0 Å². The zero-order valence-electron chi connectivity index (χ0n) is 16.3. The second-order valence-corrected chi connectivity index (χ2v) is 8.06. The molecule has 8 heteroatoms. The molecule has 3 heterocycles. The van der Waals surface area contributed by atoms with E-state index in [1.54, 1.807) is 0 Å². The smallest absolute Gasteiger partial charge is 0.176 e. The van der Waals surface area contributed by atoms with Crippen LogP contribution in [0.25, 0.3) is 5.69 Å². The SMILES string of the molecule is CC1CCC(c2nnnn2-c2ccc3c(c2)OCCO3)(N2CCOCC2)CC1. The predicted molar refractivity (Wildman–Crippen MR) is 102 cm³/mol. The van der Waals surface area contributed by atoms with Crippen molar-refractivity contribution in [2.24, 2.45) is 5.92 Å². The Bertz CT molecular complexity index is 825. The molecule has 2 aromatic rings. The molecule has 0 N–H and O–H groups in total. The Balaban J connectivity index is 1.55. The van der Waals surface area contributed by atoms with Crippen LogP contribution in [0.5, 0.6) is 11.5 Å². The van der Waals surface area contributed by atoms with Gasteiger partial charge in [0.05, 0.1) is 24.4 Å². The Kier molecular flexibility index (Phi) is 4.68. The van der Waals surface area contributed by atoms with E-state index < -0.39 is 0 Å². The summed E-state index contributed by atoms with van der Waals surface area (Å²) in [7, 11) is 0. The van der Waals surface area contributed by atoms with Gasteiger partial charge in [0.2, 0.25) is 0 Å². The van der Waals surface area contributed by atoms with E-state index in [0.29, 0.717) is 13.2 Å². The second-order valence-electron chi connectivity index (χ2n) is 8.06. The van der Waals surface area contributed by atoms with Gasteiger partial charge >= 0.3 is 0 Å². The van der Waals surface area contributed by atoms with Crippen molar-refractivity contribution in [3.63, 3.8) is 0 Å². The predicted octanol–water partition coefficient (Wildman–Crippen LogP) is 2.17. The molecule has 3 aliphatic rings. The van der Waals surface area contributed by atoms with Crippen LogP contribution in [0.15, 0.2) is 18.2 Å². The molecule has 1 saturated carbocycles. The quantitative estimate of drug-likeness (QED) is 0.802. The molecule has 1 aromatic heterocycles. The lowest BCUT2D eigenvalue weighted by Crippen LogP contribution is -2.54. The molecule has 28 heavy (non-hydrogen) atoms. The zero-order valence-corrected chi connectivity index (χ0v) is 16.3. The number of hydrogen-bond acceptors (Lipinski definition) is 7. The minimum atomic E-state index is -0.146. The van der Waals surface area contributed by atoms with Crippen molar-refractivity contribution in [1.29, 1.82) is 0 Å². The molecule has 1 aromatic carbocycles. The van der Waals surface area contributed by atoms with Gasteiger partial charge in [-0.2, -0.15) is 4.68 Å². The highest BCUT2D eigenvalue weighted by Gasteiger charge is 2.45. The van der Waals surface area contributed by atoms with E-state index in [2.05, 4.69) is 27.3 Å². The topological polar surface area (TPSA) is 74.5 Å². The van der Waals surface area contributed by atoms with Crippen molar-refractivity contribution < 1.29 is 14.2 Å². The second kappa shape index (κ2) is 7.33. The van der Waals surface area contributed by atoms with E-state index in [1.807, 2.05) is 22.9 Å². The highest BCUT2D eigenvalue weighted by molar-refractivity contribution is 5.49. The summed E-state index contributed by atoms with van der Waals surface area (Å²) < 4.78 is 18.9. The van der Waals surface area contributed by atoms with Crippen LogP contribution in [0, 0.1) is 5.92 Å². The fourth-order valence-electron chi connectivity index (χ4n) is 4.73. The molecule has 150 valence electrons. The lowest BCUT2D eigenvalue weighted by molar-refractivity contribution is -0.0499. The fraction of sp³-hybridized carbons (Fsp3) is 0.650. The highest BCUT2D eigenvalue weighted by atomic mass is 16.6. The van der Waals surface area contributed by atoms with Gasteiger partial charge in [0.15, 0.2) is 17.3 Å². The molecule has 0 spiro atoms. The molecule has 0 atom stereocenters. The van der Waals surface area contributed by atoms with Crippen LogP contribution in [0.1, 0.15) is 38.4 Å². The molecule has 8 nitrogen and oxygen atoms in total. The summed E-state index contributed by atoms with van der Waals surface area (Å²) in [5, 5.41) is 13.0. The lowest BCUT2D eigenvalue weighted by atomic mass is 9.75. The fourth-order valence-corrected chi connectivity index (χ4v) is 4.73. The van der Waals surface area contributed by atoms with Crippen LogP contribution in [-0.4, -0.2) is 64.6 Å². The van der Waals surface area contributed by atoms with E-state index >= 15 is 0 Å². The molecule has 2 aliphatic heterocycles. The minimum Gasteiger partial charge on any atom is -0.486 e. The van der Waals surface area contributed by atoms with Gasteiger partial charge in [-0.3, -0.25) is 4.90 Å². The normalized spacial score (nSPS) is 28.2. The third kappa shape index (κ3) is 3.04. The number of tetrazole rings is 1. The maximum Gasteiger partial charge on any atom is 0.176 e. The number of ether oxygens (including phenoxy) is 3. The maximum atomic E-state index is 5.77. The summed E-state index contributed by atoms with van der Waals surface area (Å²) in [6, 6.07) is 5.93. The van der Waals surface area contributed by atoms with Gasteiger partial charge in [0.25, 0.3) is 0 Å². The van der Waals surface area contributed by atoms with Crippen LogP contribution in [0.2, 0.25) is 0 Å². The number of fused-ring (bicyclic) bond motifs is 1. The summed E-state index contributed by atoms with van der Waals surface area (Å²) in [6.45, 7) is 6.86. The Hall–Kier alpha value is -2.19. The third-order valence-corrected chi connectivity index (χ3v) is 6.37. The first-order valence-electron chi connectivity index (χ1n) is 10.3. The molecular formula is C20H27N5O3. The number of hydrogen-bond donors (Lipinski definition) is 0. The van der Waals surface area contributed by atoms with Crippen LogP contribution in [0.4, 0.5) is 0 Å². The van der Waals surface area contributed by atoms with Gasteiger partial charge in [0.1, 0.15) is 13.2 Å². The summed E-state index contributed by atoms with van der Waals surface area (Å²) in [5.74, 6) is 3.20. The zero-order chi connectivity index (χ0) is 19.0. The molecule has 0 radical (unpaired) electrons. The van der Waals surface area contributed by atoms with Gasteiger partial charge in [-0.1, -0.05) is 6.92 Å². The summed E-state index contributed by atoms with van der Waals surface area (Å²) in [5.41, 5.74) is 0.767. The van der Waals surface area contributed by atoms with Crippen molar-refractivity contribution in [3.05, 3.63) is 24.0 Å². The Morgan fingerprint density at radius 1 is 1.00 bits per heavy atom. The molecule has 1 aliphatic carbocycles. The van der Waals surface area contributed by atoms with Crippen molar-refractivity contribution in [2.45, 2.75) is 38.1 Å². The van der Waals surface area contributed by atoms with Crippen LogP contribution >= 0.6 is 0 Å². The van der Waals surface area contributed by atoms with E-state index in [1.165, 1.54) is 12.8 Å². The van der Waals surface area contributed by atoms with Gasteiger partial charge in [0, 0.05) is 19.2 Å². The third-order valence-electron chi connectivity index (χ3n) is 6.37. The first-order valence-corrected chi connectivity index (χ1v) is 10.3. The van der Waals surface area contributed by atoms with Crippen molar-refractivity contribution in [2.75, 3.05) is 39.5 Å². The first-order chi connectivity index (χ1) is 13.8. The molecule has 0 bridgehead atoms. The molecule has 2 fully saturated rings. The number of rotatable bonds is 3. The van der Waals surface area contributed by atoms with Crippen LogP contribution in [-0.2, 0) is 10.3 Å². The molecule has 0 amide bonds. The van der Waals surface area contributed by atoms with Gasteiger partial charge in [-0.15, -0.1) is 5.10 Å². The first kappa shape index (κ1) is 17.9.